The molecule has 0 bridgehead atoms. The van der Waals surface area contributed by atoms with Crippen LogP contribution in [-0.4, -0.2) is 34.4 Å². The Labute approximate surface area is 108 Å². The number of carboxylic acid groups (broad SMARTS) is 1. The summed E-state index contributed by atoms with van der Waals surface area (Å²) >= 11 is 0. The van der Waals surface area contributed by atoms with Crippen molar-refractivity contribution in [2.75, 3.05) is 4.72 Å². The fourth-order valence-electron chi connectivity index (χ4n) is 1.26. The Morgan fingerprint density at radius 3 is 2.58 bits per heavy atom. The summed E-state index contributed by atoms with van der Waals surface area (Å²) in [6.07, 6.45) is 4.90. The number of carbonyl (C=O) groups is 1. The van der Waals surface area contributed by atoms with E-state index in [2.05, 4.69) is 19.7 Å². The SMILES string of the molecule is O=C(O)c1nccnc1NS(=O)(=O)c1cccnc1. The first kappa shape index (κ1) is 12.9. The van der Waals surface area contributed by atoms with Gasteiger partial charge in [0, 0.05) is 24.8 Å². The van der Waals surface area contributed by atoms with Gasteiger partial charge in [-0.3, -0.25) is 9.71 Å². The predicted molar refractivity (Wildman–Crippen MR) is 64.0 cm³/mol. The maximum absolute atomic E-state index is 12.0. The van der Waals surface area contributed by atoms with E-state index in [4.69, 9.17) is 5.11 Å². The molecular weight excluding hydrogens is 272 g/mol. The minimum Gasteiger partial charge on any atom is -0.476 e. The van der Waals surface area contributed by atoms with Gasteiger partial charge in [-0.25, -0.2) is 23.2 Å². The Balaban J connectivity index is 2.39. The van der Waals surface area contributed by atoms with Crippen molar-refractivity contribution >= 4 is 21.8 Å². The highest BCUT2D eigenvalue weighted by Gasteiger charge is 2.20. The second kappa shape index (κ2) is 4.98. The Kier molecular flexibility index (Phi) is 3.38. The molecule has 2 aromatic rings. The number of carboxylic acids is 1. The first-order valence-corrected chi connectivity index (χ1v) is 6.46. The van der Waals surface area contributed by atoms with Crippen molar-refractivity contribution < 1.29 is 18.3 Å². The van der Waals surface area contributed by atoms with E-state index in [1.54, 1.807) is 0 Å². The lowest BCUT2D eigenvalue weighted by molar-refractivity contribution is 0.0691. The first-order valence-electron chi connectivity index (χ1n) is 4.98. The van der Waals surface area contributed by atoms with Gasteiger partial charge < -0.3 is 5.11 Å². The zero-order valence-electron chi connectivity index (χ0n) is 9.39. The summed E-state index contributed by atoms with van der Waals surface area (Å²) in [5.41, 5.74) is -0.477. The van der Waals surface area contributed by atoms with Crippen LogP contribution in [-0.2, 0) is 10.0 Å². The molecule has 0 atom stereocenters. The number of pyridine rings is 1. The lowest BCUT2D eigenvalue weighted by Crippen LogP contribution is -2.17. The quantitative estimate of drug-likeness (QED) is 0.829. The van der Waals surface area contributed by atoms with E-state index in [0.717, 1.165) is 12.4 Å². The van der Waals surface area contributed by atoms with Gasteiger partial charge in [0.25, 0.3) is 10.0 Å². The molecule has 0 unspecified atom stereocenters. The number of hydrogen-bond acceptors (Lipinski definition) is 6. The average molecular weight is 280 g/mol. The highest BCUT2D eigenvalue weighted by molar-refractivity contribution is 7.92. The van der Waals surface area contributed by atoms with Crippen molar-refractivity contribution in [2.24, 2.45) is 0 Å². The number of anilines is 1. The molecule has 9 heteroatoms. The van der Waals surface area contributed by atoms with Crippen LogP contribution in [0.2, 0.25) is 0 Å². The van der Waals surface area contributed by atoms with E-state index in [9.17, 15) is 13.2 Å². The molecule has 0 amide bonds. The number of sulfonamides is 1. The van der Waals surface area contributed by atoms with E-state index in [1.165, 1.54) is 24.5 Å². The summed E-state index contributed by atoms with van der Waals surface area (Å²) in [5.74, 6) is -1.73. The summed E-state index contributed by atoms with van der Waals surface area (Å²) in [5, 5.41) is 8.88. The van der Waals surface area contributed by atoms with E-state index in [-0.39, 0.29) is 10.7 Å². The van der Waals surface area contributed by atoms with Gasteiger partial charge in [0.1, 0.15) is 4.90 Å². The fourth-order valence-corrected chi connectivity index (χ4v) is 2.24. The van der Waals surface area contributed by atoms with Crippen molar-refractivity contribution in [1.82, 2.24) is 15.0 Å². The van der Waals surface area contributed by atoms with Crippen molar-refractivity contribution in [3.8, 4) is 0 Å². The van der Waals surface area contributed by atoms with Crippen molar-refractivity contribution in [3.05, 3.63) is 42.6 Å². The molecule has 19 heavy (non-hydrogen) atoms. The van der Waals surface area contributed by atoms with Crippen LogP contribution in [0.1, 0.15) is 10.5 Å². The van der Waals surface area contributed by atoms with E-state index >= 15 is 0 Å². The van der Waals surface area contributed by atoms with Gasteiger partial charge in [0.05, 0.1) is 0 Å². The van der Waals surface area contributed by atoms with Crippen molar-refractivity contribution in [1.29, 1.82) is 0 Å². The number of rotatable bonds is 4. The van der Waals surface area contributed by atoms with Crippen LogP contribution in [0.25, 0.3) is 0 Å². The van der Waals surface area contributed by atoms with Gasteiger partial charge in [-0.2, -0.15) is 0 Å². The summed E-state index contributed by atoms with van der Waals surface area (Å²) in [6.45, 7) is 0. The van der Waals surface area contributed by atoms with Crippen molar-refractivity contribution in [2.45, 2.75) is 4.90 Å². The molecule has 2 rings (SSSR count). The Morgan fingerprint density at radius 2 is 1.95 bits per heavy atom. The second-order valence-electron chi connectivity index (χ2n) is 3.35. The van der Waals surface area contributed by atoms with Gasteiger partial charge in [-0.05, 0) is 12.1 Å². The highest BCUT2D eigenvalue weighted by Crippen LogP contribution is 2.15. The summed E-state index contributed by atoms with van der Waals surface area (Å²) in [4.78, 5) is 21.7. The first-order chi connectivity index (χ1) is 9.00. The lowest BCUT2D eigenvalue weighted by Gasteiger charge is -2.08. The van der Waals surface area contributed by atoms with E-state index < -0.39 is 21.7 Å². The summed E-state index contributed by atoms with van der Waals surface area (Å²) in [7, 11) is -3.95. The molecule has 0 saturated heterocycles. The fraction of sp³-hybridized carbons (Fsp3) is 0. The normalized spacial score (nSPS) is 10.9. The maximum Gasteiger partial charge on any atom is 0.358 e. The third-order valence-corrected chi connectivity index (χ3v) is 3.40. The minimum absolute atomic E-state index is 0.100. The molecule has 98 valence electrons. The molecule has 0 aliphatic rings. The number of nitrogens with zero attached hydrogens (tertiary/aromatic N) is 3. The van der Waals surface area contributed by atoms with E-state index in [1.807, 2.05) is 0 Å². The van der Waals surface area contributed by atoms with Crippen LogP contribution in [0.4, 0.5) is 5.82 Å². The molecule has 0 aliphatic heterocycles. The van der Waals surface area contributed by atoms with Crippen molar-refractivity contribution in [3.63, 3.8) is 0 Å². The molecule has 0 aromatic carbocycles. The Morgan fingerprint density at radius 1 is 1.21 bits per heavy atom. The molecule has 2 N–H and O–H groups in total. The topological polar surface area (TPSA) is 122 Å². The third kappa shape index (κ3) is 2.83. The van der Waals surface area contributed by atoms with Crippen LogP contribution in [0.15, 0.2) is 41.8 Å². The van der Waals surface area contributed by atoms with Gasteiger partial charge in [0.2, 0.25) is 0 Å². The zero-order valence-corrected chi connectivity index (χ0v) is 10.2. The molecule has 8 nitrogen and oxygen atoms in total. The van der Waals surface area contributed by atoms with Crippen LogP contribution in [0.3, 0.4) is 0 Å². The van der Waals surface area contributed by atoms with Gasteiger partial charge in [-0.1, -0.05) is 0 Å². The van der Waals surface area contributed by atoms with Crippen LogP contribution >= 0.6 is 0 Å². The Bertz CT molecular complexity index is 702. The second-order valence-corrected chi connectivity index (χ2v) is 5.04. The molecule has 0 radical (unpaired) electrons. The molecule has 2 aromatic heterocycles. The number of aromatic nitrogens is 3. The summed E-state index contributed by atoms with van der Waals surface area (Å²) < 4.78 is 26.0. The van der Waals surface area contributed by atoms with Crippen LogP contribution in [0, 0.1) is 0 Å². The number of aromatic carboxylic acids is 1. The minimum atomic E-state index is -3.95. The monoisotopic (exact) mass is 280 g/mol. The largest absolute Gasteiger partial charge is 0.476 e. The number of nitrogens with one attached hydrogen (secondary N) is 1. The summed E-state index contributed by atoms with van der Waals surface area (Å²) in [6, 6.07) is 2.77. The van der Waals surface area contributed by atoms with Gasteiger partial charge >= 0.3 is 5.97 Å². The highest BCUT2D eigenvalue weighted by atomic mass is 32.2. The molecule has 0 aliphatic carbocycles. The molecular formula is C10H8N4O4S. The zero-order chi connectivity index (χ0) is 13.9. The molecule has 0 fully saturated rings. The van der Waals surface area contributed by atoms with E-state index in [0.29, 0.717) is 0 Å². The lowest BCUT2D eigenvalue weighted by atomic mass is 10.4. The smallest absolute Gasteiger partial charge is 0.358 e. The van der Waals surface area contributed by atoms with Crippen LogP contribution in [0.5, 0.6) is 0 Å². The molecule has 0 saturated carbocycles. The average Bonchev–Trinajstić information content (AvgIpc) is 2.39. The standard InChI is InChI=1S/C10H8N4O4S/c15-10(16)8-9(13-5-4-12-8)14-19(17,18)7-2-1-3-11-6-7/h1-6H,(H,13,14)(H,15,16). The molecule has 0 spiro atoms. The molecule has 2 heterocycles. The van der Waals surface area contributed by atoms with Gasteiger partial charge in [-0.15, -0.1) is 0 Å². The number of hydrogen-bond donors (Lipinski definition) is 2. The van der Waals surface area contributed by atoms with Gasteiger partial charge in [0.15, 0.2) is 11.5 Å². The third-order valence-electron chi connectivity index (χ3n) is 2.08. The van der Waals surface area contributed by atoms with Crippen LogP contribution < -0.4 is 4.72 Å². The predicted octanol–water partition coefficient (Wildman–Crippen LogP) is 0.371. The Hall–Kier alpha value is -2.55. The maximum atomic E-state index is 12.0.